The minimum absolute atomic E-state index is 0.0819. The first-order valence-electron chi connectivity index (χ1n) is 25.8. The molecule has 4 N–H and O–H groups in total. The van der Waals surface area contributed by atoms with Crippen LogP contribution in [-0.2, 0) is 50.0 Å². The summed E-state index contributed by atoms with van der Waals surface area (Å²) < 4.78 is 6.46. The minimum Gasteiger partial charge on any atom is -0.474 e. The van der Waals surface area contributed by atoms with Crippen molar-refractivity contribution in [2.75, 3.05) is 25.1 Å². The van der Waals surface area contributed by atoms with Crippen LogP contribution in [0, 0.1) is 3.57 Å². The normalized spacial score (nSPS) is 10.6. The van der Waals surface area contributed by atoms with Crippen molar-refractivity contribution in [2.24, 2.45) is 0 Å². The molecule has 16 heteroatoms. The molecule has 0 radical (unpaired) electrons. The maximum absolute atomic E-state index is 12.8. The van der Waals surface area contributed by atoms with Crippen molar-refractivity contribution in [2.45, 2.75) is 97.2 Å². The van der Waals surface area contributed by atoms with Crippen molar-refractivity contribution in [3.05, 3.63) is 193 Å². The summed E-state index contributed by atoms with van der Waals surface area (Å²) in [7, 11) is 1.25. The number of carboxylic acids is 2. The van der Waals surface area contributed by atoms with Crippen molar-refractivity contribution < 1.29 is 48.5 Å². The van der Waals surface area contributed by atoms with Crippen LogP contribution < -0.4 is 15.5 Å². The van der Waals surface area contributed by atoms with Gasteiger partial charge in [0.15, 0.2) is 0 Å². The summed E-state index contributed by atoms with van der Waals surface area (Å²) in [5.41, 5.74) is 6.82. The van der Waals surface area contributed by atoms with Crippen LogP contribution in [0.4, 0.5) is 5.69 Å². The van der Waals surface area contributed by atoms with Gasteiger partial charge in [0.2, 0.25) is 0 Å². The molecule has 0 heterocycles. The monoisotopic (exact) mass is 1220 g/mol. The summed E-state index contributed by atoms with van der Waals surface area (Å²) in [5, 5.41) is 24.5. The number of nitrogens with one attached hydrogen (secondary N) is 2. The molecule has 0 atom stereocenters. The van der Waals surface area contributed by atoms with E-state index in [0.29, 0.717) is 51.9 Å². The summed E-state index contributed by atoms with van der Waals surface area (Å²) in [5.74, 6) is -6.29. The number of esters is 1. The van der Waals surface area contributed by atoms with Gasteiger partial charge in [-0.3, -0.25) is 24.1 Å². The van der Waals surface area contributed by atoms with Crippen LogP contribution in [0.3, 0.4) is 0 Å². The Hall–Kier alpha value is -7.18. The van der Waals surface area contributed by atoms with E-state index in [1.54, 1.807) is 54.6 Å². The van der Waals surface area contributed by atoms with Crippen molar-refractivity contribution >= 4 is 85.7 Å². The molecule has 0 aliphatic carbocycles. The van der Waals surface area contributed by atoms with Gasteiger partial charge in [0.1, 0.15) is 0 Å². The molecule has 6 aromatic rings. The summed E-state index contributed by atoms with van der Waals surface area (Å²) in [6.45, 7) is 3.39. The lowest BCUT2D eigenvalue weighted by molar-refractivity contribution is -0.156. The summed E-state index contributed by atoms with van der Waals surface area (Å²) in [6.07, 6.45) is 12.9. The molecule has 0 spiro atoms. The van der Waals surface area contributed by atoms with E-state index in [2.05, 4.69) is 92.5 Å². The Balaban J connectivity index is 0.000000284. The van der Waals surface area contributed by atoms with Gasteiger partial charge in [-0.15, -0.1) is 0 Å². The van der Waals surface area contributed by atoms with Crippen molar-refractivity contribution in [3.8, 4) is 11.1 Å². The molecule has 0 fully saturated rings. The number of halogens is 2. The molecule has 4 amide bonds. The SMILES string of the molecule is CCCCCCCCCCCCNC(=O)c1ccc(N(Cc2ccccc2C(=O)OC)C(=O)C(=O)O)cc1.O=C(O)C(=O)N(Cc1ccc(I)cc1)Cc1ccc(C(=O)NCCc2ccc(-c3ccccc3)cc2)cc1Br. The average molecular weight is 1220 g/mol. The highest BCUT2D eigenvalue weighted by molar-refractivity contribution is 14.1. The van der Waals surface area contributed by atoms with Crippen molar-refractivity contribution in [3.63, 3.8) is 0 Å². The van der Waals surface area contributed by atoms with Gasteiger partial charge in [-0.2, -0.15) is 0 Å². The topological polar surface area (TPSA) is 200 Å². The van der Waals surface area contributed by atoms with Crippen LogP contribution in [0.15, 0.2) is 150 Å². The second kappa shape index (κ2) is 32.4. The Labute approximate surface area is 472 Å². The maximum Gasteiger partial charge on any atom is 0.394 e. The number of anilines is 1. The molecule has 0 aromatic heterocycles. The number of benzene rings is 6. The molecule has 0 aliphatic heterocycles. The zero-order valence-corrected chi connectivity index (χ0v) is 47.2. The summed E-state index contributed by atoms with van der Waals surface area (Å²) >= 11 is 5.68. The van der Waals surface area contributed by atoms with E-state index >= 15 is 0 Å². The zero-order valence-electron chi connectivity index (χ0n) is 43.5. The van der Waals surface area contributed by atoms with Gasteiger partial charge >= 0.3 is 29.7 Å². The van der Waals surface area contributed by atoms with Gasteiger partial charge in [-0.05, 0) is 123 Å². The number of nitrogens with zero attached hydrogens (tertiary/aromatic N) is 2. The predicted octanol–water partition coefficient (Wildman–Crippen LogP) is 12.0. The standard InChI is InChI=1S/C31H26BrIN2O4.C30H40N2O6/c32-28-18-25(29(36)34-17-16-21-6-10-24(11-7-21)23-4-2-1-3-5-23)12-13-26(28)20-35(30(37)31(38)39)19-22-8-14-27(33)15-9-22;1-3-4-5-6-7-8-9-10-11-14-21-31-27(33)23-17-19-25(20-18-23)32(28(34)29(35)36)22-24-15-12-13-16-26(24)30(37)38-2/h1-15,18H,16-17,19-20H2,(H,34,36)(H,38,39);12-13,15-20H,3-11,14,21-22H2,1-2H3,(H,31,33)(H,35,36). The van der Waals surface area contributed by atoms with Gasteiger partial charge in [-0.25, -0.2) is 14.4 Å². The van der Waals surface area contributed by atoms with Crippen LogP contribution in [0.25, 0.3) is 11.1 Å². The third-order valence-corrected chi connectivity index (χ3v) is 14.1. The van der Waals surface area contributed by atoms with Crippen molar-refractivity contribution in [1.29, 1.82) is 0 Å². The fraction of sp³-hybridized carbons (Fsp3) is 0.295. The van der Waals surface area contributed by atoms with E-state index < -0.39 is 29.7 Å². The zero-order chi connectivity index (χ0) is 55.5. The fourth-order valence-electron chi connectivity index (χ4n) is 8.33. The van der Waals surface area contributed by atoms with Gasteiger partial charge in [0, 0.05) is 51.0 Å². The minimum atomic E-state index is -1.63. The van der Waals surface area contributed by atoms with Crippen LogP contribution in [0.1, 0.15) is 124 Å². The number of unbranched alkanes of at least 4 members (excludes halogenated alkanes) is 9. The molecular formula is C61H66BrIN4O10. The van der Waals surface area contributed by atoms with E-state index in [9.17, 15) is 43.8 Å². The number of rotatable bonds is 25. The maximum atomic E-state index is 12.8. The van der Waals surface area contributed by atoms with Crippen LogP contribution in [0.5, 0.6) is 0 Å². The molecule has 0 aliphatic rings. The molecule has 404 valence electrons. The van der Waals surface area contributed by atoms with Crippen LogP contribution in [-0.4, -0.2) is 76.8 Å². The van der Waals surface area contributed by atoms with E-state index in [1.165, 1.54) is 75.5 Å². The third kappa shape index (κ3) is 20.0. The molecule has 6 rings (SSSR count). The van der Waals surface area contributed by atoms with Crippen LogP contribution >= 0.6 is 38.5 Å². The highest BCUT2D eigenvalue weighted by atomic mass is 127. The Morgan fingerprint density at radius 1 is 0.545 bits per heavy atom. The van der Waals surface area contributed by atoms with E-state index in [4.69, 9.17) is 4.74 Å². The number of hydrogen-bond acceptors (Lipinski definition) is 8. The molecule has 77 heavy (non-hydrogen) atoms. The molecule has 6 aromatic carbocycles. The number of carbonyl (C=O) groups is 7. The first kappa shape index (κ1) is 60.7. The first-order valence-corrected chi connectivity index (χ1v) is 27.6. The predicted molar refractivity (Wildman–Crippen MR) is 310 cm³/mol. The number of carbonyl (C=O) groups excluding carboxylic acids is 5. The second-order valence-corrected chi connectivity index (χ2v) is 20.4. The van der Waals surface area contributed by atoms with E-state index in [-0.39, 0.29) is 37.0 Å². The summed E-state index contributed by atoms with van der Waals surface area (Å²) in [6, 6.07) is 43.8. The Kier molecular flexibility index (Phi) is 25.5. The number of amides is 4. The molecule has 0 unspecified atom stereocenters. The molecule has 14 nitrogen and oxygen atoms in total. The quantitative estimate of drug-likeness (QED) is 0.0185. The van der Waals surface area contributed by atoms with Gasteiger partial charge in [0.25, 0.3) is 11.8 Å². The lowest BCUT2D eigenvalue weighted by Crippen LogP contribution is -2.36. The lowest BCUT2D eigenvalue weighted by atomic mass is 10.0. The molecule has 0 bridgehead atoms. The smallest absolute Gasteiger partial charge is 0.394 e. The summed E-state index contributed by atoms with van der Waals surface area (Å²) in [4.78, 5) is 87.5. The average Bonchev–Trinajstić information content (AvgIpc) is 3.44. The highest BCUT2D eigenvalue weighted by Gasteiger charge is 2.26. The number of methoxy groups -OCH3 is 1. The molecule has 0 saturated heterocycles. The lowest BCUT2D eigenvalue weighted by Gasteiger charge is -2.22. The third-order valence-electron chi connectivity index (χ3n) is 12.6. The van der Waals surface area contributed by atoms with E-state index in [1.807, 2.05) is 42.5 Å². The molecular weight excluding hydrogens is 1160 g/mol. The highest BCUT2D eigenvalue weighted by Crippen LogP contribution is 2.25. The first-order chi connectivity index (χ1) is 37.2. The number of carboxylic acid groups (broad SMARTS) is 2. The largest absolute Gasteiger partial charge is 0.474 e. The number of aliphatic carboxylic acids is 2. The molecule has 0 saturated carbocycles. The van der Waals surface area contributed by atoms with Gasteiger partial charge in [-0.1, -0.05) is 172 Å². The van der Waals surface area contributed by atoms with Crippen molar-refractivity contribution in [1.82, 2.24) is 15.5 Å². The number of ether oxygens (including phenoxy) is 1. The number of hydrogen-bond donors (Lipinski definition) is 4. The fourth-order valence-corrected chi connectivity index (χ4v) is 9.19. The van der Waals surface area contributed by atoms with Gasteiger partial charge in [0.05, 0.1) is 19.2 Å². The Morgan fingerprint density at radius 2 is 1.09 bits per heavy atom. The Bertz CT molecular complexity index is 2900. The second-order valence-electron chi connectivity index (χ2n) is 18.3. The van der Waals surface area contributed by atoms with Crippen LogP contribution in [0.2, 0.25) is 0 Å². The Morgan fingerprint density at radius 3 is 1.70 bits per heavy atom. The van der Waals surface area contributed by atoms with Gasteiger partial charge < -0.3 is 30.5 Å². The van der Waals surface area contributed by atoms with E-state index in [0.717, 1.165) is 43.6 Å².